The van der Waals surface area contributed by atoms with Gasteiger partial charge in [0.15, 0.2) is 11.5 Å². The number of benzene rings is 3. The van der Waals surface area contributed by atoms with Crippen molar-refractivity contribution in [3.05, 3.63) is 91.9 Å². The van der Waals surface area contributed by atoms with Gasteiger partial charge in [-0.2, -0.15) is 10.5 Å². The van der Waals surface area contributed by atoms with Crippen molar-refractivity contribution in [2.75, 3.05) is 0 Å². The summed E-state index contributed by atoms with van der Waals surface area (Å²) < 4.78 is 12.8. The van der Waals surface area contributed by atoms with Gasteiger partial charge in [0.05, 0.1) is 8.95 Å². The zero-order valence-electron chi connectivity index (χ0n) is 14.7. The van der Waals surface area contributed by atoms with Crippen LogP contribution in [0.25, 0.3) is 0 Å². The van der Waals surface area contributed by atoms with Crippen molar-refractivity contribution >= 4 is 31.9 Å². The molecule has 0 N–H and O–H groups in total. The normalized spacial score (nSPS) is 10.0. The van der Waals surface area contributed by atoms with Gasteiger partial charge in [-0.05, 0) is 43.0 Å². The summed E-state index contributed by atoms with van der Waals surface area (Å²) in [6.45, 7) is 0.547. The molecule has 0 heterocycles. The maximum Gasteiger partial charge on any atom is 0.154 e. The van der Waals surface area contributed by atoms with Crippen molar-refractivity contribution in [1.82, 2.24) is 0 Å². The number of hydrogen-bond donors (Lipinski definition) is 0. The average molecular weight is 498 g/mol. The molecular formula is C22H14Br2N2O2. The number of halogens is 2. The van der Waals surface area contributed by atoms with Gasteiger partial charge in [-0.15, -0.1) is 0 Å². The van der Waals surface area contributed by atoms with Gasteiger partial charge in [0.2, 0.25) is 0 Å². The summed E-state index contributed by atoms with van der Waals surface area (Å²) in [4.78, 5) is 0. The van der Waals surface area contributed by atoms with E-state index in [0.29, 0.717) is 20.4 Å². The quantitative estimate of drug-likeness (QED) is 0.411. The van der Waals surface area contributed by atoms with Gasteiger partial charge in [-0.25, -0.2) is 0 Å². The third-order valence-electron chi connectivity index (χ3n) is 3.97. The number of nitrogens with zero attached hydrogens (tertiary/aromatic N) is 2. The molecule has 138 valence electrons. The predicted molar refractivity (Wildman–Crippen MR) is 113 cm³/mol. The fraction of sp³-hybridized carbons (Fsp3) is 0.0909. The van der Waals surface area contributed by atoms with Crippen molar-refractivity contribution in [1.29, 1.82) is 10.5 Å². The Morgan fingerprint density at radius 2 is 1.00 bits per heavy atom. The van der Waals surface area contributed by atoms with Crippen molar-refractivity contribution in [2.45, 2.75) is 13.2 Å². The Balaban J connectivity index is 1.95. The van der Waals surface area contributed by atoms with E-state index in [0.717, 1.165) is 11.1 Å². The molecule has 0 unspecified atom stereocenters. The van der Waals surface area contributed by atoms with E-state index < -0.39 is 0 Å². The van der Waals surface area contributed by atoms with Gasteiger partial charge < -0.3 is 9.47 Å². The molecule has 3 aromatic rings. The van der Waals surface area contributed by atoms with E-state index in [-0.39, 0.29) is 24.3 Å². The Kier molecular flexibility index (Phi) is 6.71. The Hall–Kier alpha value is -2.80. The van der Waals surface area contributed by atoms with Gasteiger partial charge in [-0.3, -0.25) is 0 Å². The number of rotatable bonds is 6. The summed E-state index contributed by atoms with van der Waals surface area (Å²) in [5.41, 5.74) is 2.18. The maximum absolute atomic E-state index is 9.68. The lowest BCUT2D eigenvalue weighted by atomic mass is 10.1. The molecule has 0 aliphatic rings. The molecule has 3 rings (SSSR count). The van der Waals surface area contributed by atoms with Gasteiger partial charge in [0.1, 0.15) is 36.5 Å². The van der Waals surface area contributed by atoms with Crippen molar-refractivity contribution in [3.8, 4) is 23.6 Å². The zero-order chi connectivity index (χ0) is 19.9. The van der Waals surface area contributed by atoms with Crippen LogP contribution in [0.1, 0.15) is 22.3 Å². The smallest absolute Gasteiger partial charge is 0.154 e. The van der Waals surface area contributed by atoms with Crippen LogP contribution in [0.4, 0.5) is 0 Å². The predicted octanol–water partition coefficient (Wildman–Crippen LogP) is 6.11. The molecule has 0 saturated heterocycles. The number of hydrogen-bond acceptors (Lipinski definition) is 4. The molecule has 0 amide bonds. The van der Waals surface area contributed by atoms with Crippen LogP contribution in [0.15, 0.2) is 69.6 Å². The first-order valence-corrected chi connectivity index (χ1v) is 9.93. The second-order valence-corrected chi connectivity index (χ2v) is 7.39. The summed E-state index contributed by atoms with van der Waals surface area (Å²) in [5.74, 6) is 0.615. The molecule has 0 aromatic heterocycles. The van der Waals surface area contributed by atoms with Crippen molar-refractivity contribution in [2.24, 2.45) is 0 Å². The molecule has 4 nitrogen and oxygen atoms in total. The highest BCUT2D eigenvalue weighted by molar-refractivity contribution is 9.13. The molecule has 0 radical (unpaired) electrons. The number of ether oxygens (including phenoxy) is 2. The Bertz CT molecular complexity index is 970. The van der Waals surface area contributed by atoms with E-state index in [1.165, 1.54) is 0 Å². The molecule has 3 aromatic carbocycles. The van der Waals surface area contributed by atoms with Crippen LogP contribution in [0, 0.1) is 22.7 Å². The summed E-state index contributed by atoms with van der Waals surface area (Å²) in [6, 6.07) is 23.4. The minimum atomic E-state index is 0.136. The highest BCUT2D eigenvalue weighted by Crippen LogP contribution is 2.45. The molecule has 0 bridgehead atoms. The van der Waals surface area contributed by atoms with Gasteiger partial charge in [0, 0.05) is 0 Å². The van der Waals surface area contributed by atoms with Crippen LogP contribution in [-0.2, 0) is 13.2 Å². The first-order valence-electron chi connectivity index (χ1n) is 8.34. The van der Waals surface area contributed by atoms with Gasteiger partial charge in [0.25, 0.3) is 0 Å². The van der Waals surface area contributed by atoms with E-state index in [2.05, 4.69) is 44.0 Å². The van der Waals surface area contributed by atoms with Gasteiger partial charge >= 0.3 is 0 Å². The second-order valence-electron chi connectivity index (χ2n) is 5.81. The highest BCUT2D eigenvalue weighted by Gasteiger charge is 2.24. The lowest BCUT2D eigenvalue weighted by Crippen LogP contribution is -2.04. The standard InChI is InChI=1S/C22H14Br2N2O2/c23-19-20(24)22(28-14-16-9-5-2-6-10-16)18(12-26)17(11-25)21(19)27-13-15-7-3-1-4-8-15/h1-10H,13-14H2. The van der Waals surface area contributed by atoms with E-state index in [1.807, 2.05) is 60.7 Å². The van der Waals surface area contributed by atoms with Crippen LogP contribution in [0.3, 0.4) is 0 Å². The van der Waals surface area contributed by atoms with Gasteiger partial charge in [-0.1, -0.05) is 60.7 Å². The summed E-state index contributed by atoms with van der Waals surface area (Å²) in [6.07, 6.45) is 0. The summed E-state index contributed by atoms with van der Waals surface area (Å²) in [7, 11) is 0. The van der Waals surface area contributed by atoms with E-state index >= 15 is 0 Å². The molecule has 6 heteroatoms. The van der Waals surface area contributed by atoms with Crippen LogP contribution in [-0.4, -0.2) is 0 Å². The van der Waals surface area contributed by atoms with Crippen molar-refractivity contribution < 1.29 is 9.47 Å². The molecule has 0 aliphatic carbocycles. The van der Waals surface area contributed by atoms with Crippen LogP contribution in [0.5, 0.6) is 11.5 Å². The molecule has 0 saturated carbocycles. The monoisotopic (exact) mass is 496 g/mol. The Labute approximate surface area is 180 Å². The van der Waals surface area contributed by atoms with Crippen LogP contribution < -0.4 is 9.47 Å². The fourth-order valence-corrected chi connectivity index (χ4v) is 3.58. The molecule has 0 aliphatic heterocycles. The van der Waals surface area contributed by atoms with E-state index in [9.17, 15) is 10.5 Å². The SMILES string of the molecule is N#Cc1c(C#N)c(OCc2ccccc2)c(Br)c(Br)c1OCc1ccccc1. The second kappa shape index (κ2) is 9.41. The molecule has 0 atom stereocenters. The van der Waals surface area contributed by atoms with Crippen LogP contribution in [0.2, 0.25) is 0 Å². The molecule has 0 fully saturated rings. The van der Waals surface area contributed by atoms with E-state index in [1.54, 1.807) is 0 Å². The third-order valence-corrected chi connectivity index (χ3v) is 6.02. The maximum atomic E-state index is 9.68. The van der Waals surface area contributed by atoms with Crippen LogP contribution >= 0.6 is 31.9 Å². The zero-order valence-corrected chi connectivity index (χ0v) is 17.8. The topological polar surface area (TPSA) is 66.0 Å². The summed E-state index contributed by atoms with van der Waals surface area (Å²) in [5, 5.41) is 19.4. The minimum absolute atomic E-state index is 0.136. The molecular weight excluding hydrogens is 484 g/mol. The largest absolute Gasteiger partial charge is 0.486 e. The van der Waals surface area contributed by atoms with Crippen molar-refractivity contribution in [3.63, 3.8) is 0 Å². The number of nitriles is 2. The fourth-order valence-electron chi connectivity index (χ4n) is 2.59. The summed E-state index contributed by atoms with van der Waals surface area (Å²) >= 11 is 6.95. The Morgan fingerprint density at radius 3 is 1.32 bits per heavy atom. The van der Waals surface area contributed by atoms with E-state index in [4.69, 9.17) is 9.47 Å². The first-order chi connectivity index (χ1) is 13.7. The minimum Gasteiger partial charge on any atom is -0.486 e. The molecule has 0 spiro atoms. The highest BCUT2D eigenvalue weighted by atomic mass is 79.9. The Morgan fingerprint density at radius 1 is 0.643 bits per heavy atom. The lowest BCUT2D eigenvalue weighted by Gasteiger charge is -2.17. The molecule has 28 heavy (non-hydrogen) atoms. The third kappa shape index (κ3) is 4.36. The average Bonchev–Trinajstić information content (AvgIpc) is 2.75. The lowest BCUT2D eigenvalue weighted by molar-refractivity contribution is 0.292. The first kappa shape index (κ1) is 19.9.